The van der Waals surface area contributed by atoms with Crippen molar-refractivity contribution in [1.29, 1.82) is 0 Å². The minimum absolute atomic E-state index is 0.101. The minimum atomic E-state index is -0.185. The first-order valence-corrected chi connectivity index (χ1v) is 7.78. The smallest absolute Gasteiger partial charge is 0.151 e. The van der Waals surface area contributed by atoms with Gasteiger partial charge in [-0.2, -0.15) is 5.10 Å². The number of hydrogen-bond acceptors (Lipinski definition) is 5. The molecule has 1 saturated heterocycles. The second-order valence-corrected chi connectivity index (χ2v) is 5.82. The molecule has 1 unspecified atom stereocenters. The molecule has 0 N–H and O–H groups in total. The topological polar surface area (TPSA) is 41.5 Å². The maximum absolute atomic E-state index is 13.3. The standard InChI is InChI=1S/C17H21FN4O/c1-21(17-6-3-7-19-20-17)12-16-13-22(8-9-23-16)11-14-4-2-5-15(18)10-14/h2-7,10,16H,8-9,11-13H2,1H3. The van der Waals surface area contributed by atoms with E-state index in [1.54, 1.807) is 18.3 Å². The molecule has 2 heterocycles. The second-order valence-electron chi connectivity index (χ2n) is 5.82. The maximum atomic E-state index is 13.3. The molecule has 23 heavy (non-hydrogen) atoms. The van der Waals surface area contributed by atoms with Gasteiger partial charge in [0, 0.05) is 39.4 Å². The van der Waals surface area contributed by atoms with Crippen molar-refractivity contribution in [3.8, 4) is 0 Å². The molecule has 0 saturated carbocycles. The molecule has 5 nitrogen and oxygen atoms in total. The molecule has 0 amide bonds. The fraction of sp³-hybridized carbons (Fsp3) is 0.412. The fourth-order valence-electron chi connectivity index (χ4n) is 2.82. The summed E-state index contributed by atoms with van der Waals surface area (Å²) >= 11 is 0. The minimum Gasteiger partial charge on any atom is -0.374 e. The van der Waals surface area contributed by atoms with Crippen molar-refractivity contribution in [3.05, 3.63) is 54.0 Å². The van der Waals surface area contributed by atoms with Crippen LogP contribution >= 0.6 is 0 Å². The van der Waals surface area contributed by atoms with Crippen molar-refractivity contribution in [2.24, 2.45) is 0 Å². The van der Waals surface area contributed by atoms with E-state index in [-0.39, 0.29) is 11.9 Å². The van der Waals surface area contributed by atoms with Gasteiger partial charge in [0.05, 0.1) is 12.7 Å². The van der Waals surface area contributed by atoms with Gasteiger partial charge in [-0.05, 0) is 29.8 Å². The molecule has 1 atom stereocenters. The van der Waals surface area contributed by atoms with Crippen LogP contribution in [0.3, 0.4) is 0 Å². The van der Waals surface area contributed by atoms with Gasteiger partial charge in [-0.3, -0.25) is 4.90 Å². The van der Waals surface area contributed by atoms with Crippen LogP contribution in [0.5, 0.6) is 0 Å². The van der Waals surface area contributed by atoms with E-state index in [1.807, 2.05) is 30.1 Å². The van der Waals surface area contributed by atoms with Gasteiger partial charge in [0.2, 0.25) is 0 Å². The maximum Gasteiger partial charge on any atom is 0.151 e. The molecule has 3 rings (SSSR count). The molecule has 1 aliphatic rings. The zero-order valence-electron chi connectivity index (χ0n) is 13.2. The highest BCUT2D eigenvalue weighted by Crippen LogP contribution is 2.14. The van der Waals surface area contributed by atoms with Crippen molar-refractivity contribution in [2.45, 2.75) is 12.6 Å². The highest BCUT2D eigenvalue weighted by atomic mass is 19.1. The molecule has 1 aromatic carbocycles. The predicted molar refractivity (Wildman–Crippen MR) is 86.7 cm³/mol. The van der Waals surface area contributed by atoms with Gasteiger partial charge in [0.25, 0.3) is 0 Å². The zero-order chi connectivity index (χ0) is 16.1. The number of likely N-dealkylation sites (N-methyl/N-ethyl adjacent to an activating group) is 1. The average Bonchev–Trinajstić information content (AvgIpc) is 2.56. The van der Waals surface area contributed by atoms with Gasteiger partial charge in [0.1, 0.15) is 5.82 Å². The summed E-state index contributed by atoms with van der Waals surface area (Å²) in [5.74, 6) is 0.646. The van der Waals surface area contributed by atoms with E-state index in [1.165, 1.54) is 6.07 Å². The third-order valence-corrected chi connectivity index (χ3v) is 3.94. The highest BCUT2D eigenvalue weighted by Gasteiger charge is 2.22. The van der Waals surface area contributed by atoms with Gasteiger partial charge < -0.3 is 9.64 Å². The van der Waals surface area contributed by atoms with Crippen molar-refractivity contribution in [1.82, 2.24) is 15.1 Å². The Balaban J connectivity index is 1.56. The molecule has 1 aromatic heterocycles. The third-order valence-electron chi connectivity index (χ3n) is 3.94. The van der Waals surface area contributed by atoms with Crippen molar-refractivity contribution in [2.75, 3.05) is 38.2 Å². The van der Waals surface area contributed by atoms with E-state index >= 15 is 0 Å². The summed E-state index contributed by atoms with van der Waals surface area (Å²) in [4.78, 5) is 4.34. The van der Waals surface area contributed by atoms with Crippen LogP contribution in [0.1, 0.15) is 5.56 Å². The van der Waals surface area contributed by atoms with Gasteiger partial charge >= 0.3 is 0 Å². The Labute approximate surface area is 135 Å². The summed E-state index contributed by atoms with van der Waals surface area (Å²) < 4.78 is 19.2. The number of aromatic nitrogens is 2. The number of halogens is 1. The molecule has 0 aliphatic carbocycles. The Morgan fingerprint density at radius 1 is 1.35 bits per heavy atom. The summed E-state index contributed by atoms with van der Waals surface area (Å²) in [5, 5.41) is 8.01. The lowest BCUT2D eigenvalue weighted by molar-refractivity contribution is -0.0265. The molecule has 1 fully saturated rings. The van der Waals surface area contributed by atoms with Gasteiger partial charge in [0.15, 0.2) is 5.82 Å². The summed E-state index contributed by atoms with van der Waals surface area (Å²) in [6, 6.07) is 10.6. The van der Waals surface area contributed by atoms with Crippen LogP contribution in [0.2, 0.25) is 0 Å². The Bertz CT molecular complexity index is 625. The van der Waals surface area contributed by atoms with E-state index in [0.29, 0.717) is 6.61 Å². The van der Waals surface area contributed by atoms with Gasteiger partial charge in [-0.1, -0.05) is 12.1 Å². The number of benzene rings is 1. The Kier molecular flexibility index (Phi) is 5.15. The van der Waals surface area contributed by atoms with E-state index in [2.05, 4.69) is 15.1 Å². The van der Waals surface area contributed by atoms with Crippen LogP contribution in [0.15, 0.2) is 42.6 Å². The number of morpholine rings is 1. The molecular formula is C17H21FN4O. The Hall–Kier alpha value is -2.05. The van der Waals surface area contributed by atoms with Gasteiger partial charge in [-0.25, -0.2) is 4.39 Å². The second kappa shape index (κ2) is 7.48. The number of anilines is 1. The summed E-state index contributed by atoms with van der Waals surface area (Å²) in [6.45, 7) is 3.86. The number of nitrogens with zero attached hydrogens (tertiary/aromatic N) is 4. The summed E-state index contributed by atoms with van der Waals surface area (Å²) in [7, 11) is 1.99. The summed E-state index contributed by atoms with van der Waals surface area (Å²) in [6.07, 6.45) is 1.76. The quantitative estimate of drug-likeness (QED) is 0.843. The van der Waals surface area contributed by atoms with Gasteiger partial charge in [-0.15, -0.1) is 5.10 Å². The van der Waals surface area contributed by atoms with Crippen LogP contribution in [-0.4, -0.2) is 54.5 Å². The number of ether oxygens (including phenoxy) is 1. The number of rotatable bonds is 5. The molecule has 2 aromatic rings. The van der Waals surface area contributed by atoms with Crippen LogP contribution in [-0.2, 0) is 11.3 Å². The average molecular weight is 316 g/mol. The zero-order valence-corrected chi connectivity index (χ0v) is 13.2. The first-order valence-electron chi connectivity index (χ1n) is 7.78. The lowest BCUT2D eigenvalue weighted by Crippen LogP contribution is -2.46. The van der Waals surface area contributed by atoms with E-state index in [9.17, 15) is 4.39 Å². The van der Waals surface area contributed by atoms with Crippen LogP contribution in [0, 0.1) is 5.82 Å². The first-order chi connectivity index (χ1) is 11.2. The lowest BCUT2D eigenvalue weighted by atomic mass is 10.2. The normalized spacial score (nSPS) is 18.8. The van der Waals surface area contributed by atoms with E-state index in [4.69, 9.17) is 4.74 Å². The van der Waals surface area contributed by atoms with Crippen molar-refractivity contribution >= 4 is 5.82 Å². The molecule has 1 aliphatic heterocycles. The Morgan fingerprint density at radius 2 is 2.26 bits per heavy atom. The Morgan fingerprint density at radius 3 is 3.04 bits per heavy atom. The fourth-order valence-corrected chi connectivity index (χ4v) is 2.82. The van der Waals surface area contributed by atoms with E-state index < -0.39 is 0 Å². The molecule has 0 bridgehead atoms. The molecule has 122 valence electrons. The van der Waals surface area contributed by atoms with E-state index in [0.717, 1.165) is 37.6 Å². The predicted octanol–water partition coefficient (Wildman–Crippen LogP) is 1.95. The highest BCUT2D eigenvalue weighted by molar-refractivity contribution is 5.35. The van der Waals surface area contributed by atoms with Crippen LogP contribution in [0.4, 0.5) is 10.2 Å². The SMILES string of the molecule is CN(CC1CN(Cc2cccc(F)c2)CCO1)c1cccnn1. The number of hydrogen-bond donors (Lipinski definition) is 0. The molecular weight excluding hydrogens is 295 g/mol. The summed E-state index contributed by atoms with van der Waals surface area (Å²) in [5.41, 5.74) is 0.993. The largest absolute Gasteiger partial charge is 0.374 e. The molecule has 0 radical (unpaired) electrons. The first kappa shape index (κ1) is 15.8. The third kappa shape index (κ3) is 4.46. The molecule has 0 spiro atoms. The van der Waals surface area contributed by atoms with Crippen LogP contribution in [0.25, 0.3) is 0 Å². The van der Waals surface area contributed by atoms with Crippen molar-refractivity contribution < 1.29 is 9.13 Å². The monoisotopic (exact) mass is 316 g/mol. The lowest BCUT2D eigenvalue weighted by Gasteiger charge is -2.35. The molecule has 6 heteroatoms. The van der Waals surface area contributed by atoms with Crippen molar-refractivity contribution in [3.63, 3.8) is 0 Å². The van der Waals surface area contributed by atoms with Crippen LogP contribution < -0.4 is 4.90 Å².